The molecule has 1 aliphatic heterocycles. The molecule has 1 aromatic carbocycles. The van der Waals surface area contributed by atoms with Gasteiger partial charge in [-0.3, -0.25) is 4.79 Å². The number of ether oxygens (including phenoxy) is 1. The number of carbonyl (C=O) groups excluding carboxylic acids is 1. The standard InChI is InChI=1S/C13H13F4NO2/c14-11-7-10(20-8-13(15,16)17)1-2-12(11)18-5-3-9(19)4-6-18/h1-2,7H,3-6,8H2. The molecular weight excluding hydrogens is 278 g/mol. The molecule has 20 heavy (non-hydrogen) atoms. The van der Waals surface area contributed by atoms with E-state index in [0.29, 0.717) is 25.9 Å². The number of Topliss-reactive ketones (excluding diaryl/α,β-unsaturated/α-hetero) is 1. The second-order valence-corrected chi connectivity index (χ2v) is 4.54. The number of rotatable bonds is 3. The van der Waals surface area contributed by atoms with Crippen molar-refractivity contribution in [2.75, 3.05) is 24.6 Å². The molecule has 1 saturated heterocycles. The number of hydrogen-bond donors (Lipinski definition) is 0. The monoisotopic (exact) mass is 291 g/mol. The molecular formula is C13H13F4NO2. The summed E-state index contributed by atoms with van der Waals surface area (Å²) in [6.07, 6.45) is -3.75. The molecule has 0 bridgehead atoms. The van der Waals surface area contributed by atoms with Crippen LogP contribution in [-0.2, 0) is 4.79 Å². The van der Waals surface area contributed by atoms with E-state index in [1.165, 1.54) is 12.1 Å². The maximum absolute atomic E-state index is 13.9. The normalized spacial score (nSPS) is 16.4. The van der Waals surface area contributed by atoms with Crippen molar-refractivity contribution in [2.24, 2.45) is 0 Å². The minimum atomic E-state index is -4.46. The predicted octanol–water partition coefficient (Wildman–Crippen LogP) is 2.94. The van der Waals surface area contributed by atoms with Crippen LogP contribution in [-0.4, -0.2) is 31.7 Å². The molecule has 0 spiro atoms. The Morgan fingerprint density at radius 1 is 1.20 bits per heavy atom. The van der Waals surface area contributed by atoms with Gasteiger partial charge in [0.15, 0.2) is 6.61 Å². The summed E-state index contributed by atoms with van der Waals surface area (Å²) in [5, 5.41) is 0. The zero-order valence-electron chi connectivity index (χ0n) is 10.5. The Hall–Kier alpha value is -1.79. The van der Waals surface area contributed by atoms with Gasteiger partial charge in [0.25, 0.3) is 0 Å². The summed E-state index contributed by atoms with van der Waals surface area (Å²) in [5.74, 6) is -0.692. The molecule has 0 unspecified atom stereocenters. The maximum Gasteiger partial charge on any atom is 0.422 e. The van der Waals surface area contributed by atoms with Gasteiger partial charge in [0.05, 0.1) is 5.69 Å². The van der Waals surface area contributed by atoms with Crippen LogP contribution in [0.3, 0.4) is 0 Å². The number of piperidine rings is 1. The molecule has 0 radical (unpaired) electrons. The molecule has 110 valence electrons. The Bertz CT molecular complexity index is 492. The third-order valence-electron chi connectivity index (χ3n) is 2.98. The first-order valence-electron chi connectivity index (χ1n) is 6.11. The first kappa shape index (κ1) is 14.6. The van der Waals surface area contributed by atoms with E-state index in [4.69, 9.17) is 0 Å². The van der Waals surface area contributed by atoms with Gasteiger partial charge >= 0.3 is 6.18 Å². The van der Waals surface area contributed by atoms with Crippen LogP contribution >= 0.6 is 0 Å². The molecule has 1 heterocycles. The van der Waals surface area contributed by atoms with E-state index in [-0.39, 0.29) is 17.2 Å². The summed E-state index contributed by atoms with van der Waals surface area (Å²) < 4.78 is 54.3. The average molecular weight is 291 g/mol. The van der Waals surface area contributed by atoms with E-state index < -0.39 is 18.6 Å². The molecule has 3 nitrogen and oxygen atoms in total. The lowest BCUT2D eigenvalue weighted by Crippen LogP contribution is -2.34. The average Bonchev–Trinajstić information content (AvgIpc) is 2.37. The third kappa shape index (κ3) is 3.85. The largest absolute Gasteiger partial charge is 0.484 e. The molecule has 1 aliphatic rings. The van der Waals surface area contributed by atoms with Crippen molar-refractivity contribution >= 4 is 11.5 Å². The molecule has 0 amide bonds. The fourth-order valence-corrected chi connectivity index (χ4v) is 2.00. The second-order valence-electron chi connectivity index (χ2n) is 4.54. The third-order valence-corrected chi connectivity index (χ3v) is 2.98. The summed E-state index contributed by atoms with van der Waals surface area (Å²) in [7, 11) is 0. The number of alkyl halides is 3. The summed E-state index contributed by atoms with van der Waals surface area (Å²) in [5.41, 5.74) is 0.275. The van der Waals surface area contributed by atoms with Gasteiger partial charge in [-0.2, -0.15) is 13.2 Å². The van der Waals surface area contributed by atoms with E-state index in [1.807, 2.05) is 0 Å². The second kappa shape index (κ2) is 5.68. The lowest BCUT2D eigenvalue weighted by atomic mass is 10.1. The Labute approximate surface area is 113 Å². The number of anilines is 1. The number of carbonyl (C=O) groups is 1. The highest BCUT2D eigenvalue weighted by atomic mass is 19.4. The van der Waals surface area contributed by atoms with Gasteiger partial charge in [-0.25, -0.2) is 4.39 Å². The van der Waals surface area contributed by atoms with Crippen LogP contribution < -0.4 is 9.64 Å². The molecule has 0 N–H and O–H groups in total. The van der Waals surface area contributed by atoms with Gasteiger partial charge in [0.1, 0.15) is 17.3 Å². The van der Waals surface area contributed by atoms with E-state index in [2.05, 4.69) is 4.74 Å². The maximum atomic E-state index is 13.9. The molecule has 0 aromatic heterocycles. The van der Waals surface area contributed by atoms with Crippen LogP contribution in [0.15, 0.2) is 18.2 Å². The molecule has 2 rings (SSSR count). The van der Waals surface area contributed by atoms with Crippen LogP contribution in [0, 0.1) is 5.82 Å². The minimum Gasteiger partial charge on any atom is -0.484 e. The molecule has 0 atom stereocenters. The summed E-state index contributed by atoms with van der Waals surface area (Å²) >= 11 is 0. The smallest absolute Gasteiger partial charge is 0.422 e. The topological polar surface area (TPSA) is 29.5 Å². The van der Waals surface area contributed by atoms with E-state index >= 15 is 0 Å². The van der Waals surface area contributed by atoms with Crippen molar-refractivity contribution in [3.8, 4) is 5.75 Å². The summed E-state index contributed by atoms with van der Waals surface area (Å²) in [4.78, 5) is 12.8. The van der Waals surface area contributed by atoms with E-state index in [9.17, 15) is 22.4 Å². The minimum absolute atomic E-state index is 0.131. The molecule has 0 saturated carbocycles. The quantitative estimate of drug-likeness (QED) is 0.802. The zero-order valence-corrected chi connectivity index (χ0v) is 10.5. The van der Waals surface area contributed by atoms with Crippen molar-refractivity contribution in [3.05, 3.63) is 24.0 Å². The Balaban J connectivity index is 2.04. The van der Waals surface area contributed by atoms with Crippen LogP contribution in [0.2, 0.25) is 0 Å². The molecule has 1 aromatic rings. The Kier molecular flexibility index (Phi) is 4.15. The Morgan fingerprint density at radius 3 is 2.40 bits per heavy atom. The van der Waals surface area contributed by atoms with Crippen molar-refractivity contribution < 1.29 is 27.1 Å². The van der Waals surface area contributed by atoms with Gasteiger partial charge in [0.2, 0.25) is 0 Å². The number of nitrogens with zero attached hydrogens (tertiary/aromatic N) is 1. The highest BCUT2D eigenvalue weighted by molar-refractivity contribution is 5.81. The van der Waals surface area contributed by atoms with Gasteiger partial charge in [-0.15, -0.1) is 0 Å². The highest BCUT2D eigenvalue weighted by Crippen LogP contribution is 2.27. The fourth-order valence-electron chi connectivity index (χ4n) is 2.00. The first-order valence-corrected chi connectivity index (χ1v) is 6.11. The molecule has 0 aliphatic carbocycles. The van der Waals surface area contributed by atoms with Crippen molar-refractivity contribution in [2.45, 2.75) is 19.0 Å². The lowest BCUT2D eigenvalue weighted by molar-refractivity contribution is -0.153. The molecule has 7 heteroatoms. The fraction of sp³-hybridized carbons (Fsp3) is 0.462. The van der Waals surface area contributed by atoms with E-state index in [1.54, 1.807) is 4.90 Å². The van der Waals surface area contributed by atoms with Gasteiger partial charge in [-0.1, -0.05) is 0 Å². The van der Waals surface area contributed by atoms with Gasteiger partial charge in [0, 0.05) is 32.0 Å². The van der Waals surface area contributed by atoms with Gasteiger partial charge < -0.3 is 9.64 Å². The van der Waals surface area contributed by atoms with Gasteiger partial charge in [-0.05, 0) is 12.1 Å². The number of hydrogen-bond acceptors (Lipinski definition) is 3. The summed E-state index contributed by atoms with van der Waals surface area (Å²) in [6.45, 7) is -0.624. The molecule has 1 fully saturated rings. The van der Waals surface area contributed by atoms with Crippen LogP contribution in [0.5, 0.6) is 5.75 Å². The SMILES string of the molecule is O=C1CCN(c2ccc(OCC(F)(F)F)cc2F)CC1. The van der Waals surface area contributed by atoms with Crippen molar-refractivity contribution in [1.82, 2.24) is 0 Å². The predicted molar refractivity (Wildman–Crippen MR) is 64.4 cm³/mol. The lowest BCUT2D eigenvalue weighted by Gasteiger charge is -2.28. The number of ketones is 1. The number of halogens is 4. The van der Waals surface area contributed by atoms with Crippen LogP contribution in [0.4, 0.5) is 23.2 Å². The van der Waals surface area contributed by atoms with E-state index in [0.717, 1.165) is 6.07 Å². The van der Waals surface area contributed by atoms with Crippen molar-refractivity contribution in [3.63, 3.8) is 0 Å². The highest BCUT2D eigenvalue weighted by Gasteiger charge is 2.28. The van der Waals surface area contributed by atoms with Crippen LogP contribution in [0.1, 0.15) is 12.8 Å². The summed E-state index contributed by atoms with van der Waals surface area (Å²) in [6, 6.07) is 3.59. The van der Waals surface area contributed by atoms with Crippen molar-refractivity contribution in [1.29, 1.82) is 0 Å². The zero-order chi connectivity index (χ0) is 14.8. The van der Waals surface area contributed by atoms with Crippen LogP contribution in [0.25, 0.3) is 0 Å². The number of benzene rings is 1. The Morgan fingerprint density at radius 2 is 1.85 bits per heavy atom. The first-order chi connectivity index (χ1) is 9.35.